The number of nitrogens with one attached hydrogen (secondary N) is 2. The van der Waals surface area contributed by atoms with Gasteiger partial charge in [0.05, 0.1) is 5.71 Å². The highest BCUT2D eigenvalue weighted by molar-refractivity contribution is 6.14. The van der Waals surface area contributed by atoms with Gasteiger partial charge >= 0.3 is 5.69 Å². The monoisotopic (exact) mass is 793 g/mol. The van der Waals surface area contributed by atoms with Crippen molar-refractivity contribution in [2.75, 3.05) is 0 Å². The van der Waals surface area contributed by atoms with Gasteiger partial charge in [0, 0.05) is 34.5 Å². The van der Waals surface area contributed by atoms with E-state index in [0.717, 1.165) is 34.2 Å². The van der Waals surface area contributed by atoms with Gasteiger partial charge in [0.25, 0.3) is 5.56 Å². The largest absolute Gasteiger partial charge is 0.483 e. The molecule has 0 atom stereocenters. The van der Waals surface area contributed by atoms with Gasteiger partial charge in [-0.15, -0.1) is 0 Å². The van der Waals surface area contributed by atoms with E-state index in [1.165, 1.54) is 11.8 Å². The van der Waals surface area contributed by atoms with Gasteiger partial charge in [-0.25, -0.2) is 9.79 Å². The SMILES string of the molecule is CCC(C)(C)c1ccc(C(=Nc2c[nH]c(=O)[nH]c2=O)c2ccc(Oc3cccc(OC(C)(C)c4ccc(C(=O)c5ccc(C=Cc6ccccc6)cc5)cc4)c3)cc2)cc1. The molecule has 1 aromatic heterocycles. The second kappa shape index (κ2) is 17.7. The summed E-state index contributed by atoms with van der Waals surface area (Å²) in [4.78, 5) is 47.1. The first-order valence-corrected chi connectivity index (χ1v) is 19.9. The Bertz CT molecular complexity index is 2760. The van der Waals surface area contributed by atoms with Crippen LogP contribution in [0.3, 0.4) is 0 Å². The molecular formula is C52H47N3O5. The van der Waals surface area contributed by atoms with Crippen LogP contribution in [0.25, 0.3) is 12.2 Å². The fourth-order valence-corrected chi connectivity index (χ4v) is 6.65. The van der Waals surface area contributed by atoms with Gasteiger partial charge in [-0.1, -0.05) is 142 Å². The molecule has 0 unspecified atom stereocenters. The van der Waals surface area contributed by atoms with Gasteiger partial charge in [-0.05, 0) is 84.3 Å². The Morgan fingerprint density at radius 1 is 0.617 bits per heavy atom. The van der Waals surface area contributed by atoms with E-state index in [9.17, 15) is 14.4 Å². The molecule has 0 aliphatic heterocycles. The smallest absolute Gasteiger partial charge is 0.325 e. The zero-order valence-corrected chi connectivity index (χ0v) is 34.4. The number of carbonyl (C=O) groups excluding carboxylic acids is 1. The Hall–Kier alpha value is -7.32. The number of ether oxygens (including phenoxy) is 2. The molecule has 60 heavy (non-hydrogen) atoms. The third-order valence-electron chi connectivity index (χ3n) is 10.7. The van der Waals surface area contributed by atoms with Crippen molar-refractivity contribution in [3.05, 3.63) is 223 Å². The first-order chi connectivity index (χ1) is 28.9. The average Bonchev–Trinajstić information content (AvgIpc) is 3.26. The van der Waals surface area contributed by atoms with E-state index in [-0.39, 0.29) is 16.9 Å². The first-order valence-electron chi connectivity index (χ1n) is 19.9. The molecule has 0 fully saturated rings. The lowest BCUT2D eigenvalue weighted by Crippen LogP contribution is -2.25. The van der Waals surface area contributed by atoms with Crippen LogP contribution < -0.4 is 20.7 Å². The molecule has 300 valence electrons. The van der Waals surface area contributed by atoms with Gasteiger partial charge in [0.15, 0.2) is 5.78 Å². The Morgan fingerprint density at radius 2 is 1.17 bits per heavy atom. The molecule has 0 spiro atoms. The van der Waals surface area contributed by atoms with E-state index in [1.54, 1.807) is 0 Å². The topological polar surface area (TPSA) is 114 Å². The van der Waals surface area contributed by atoms with Gasteiger partial charge in [0.2, 0.25) is 0 Å². The number of aromatic nitrogens is 2. The van der Waals surface area contributed by atoms with E-state index >= 15 is 0 Å². The van der Waals surface area contributed by atoms with Crippen LogP contribution in [-0.2, 0) is 11.0 Å². The van der Waals surface area contributed by atoms with Gasteiger partial charge in [0.1, 0.15) is 28.5 Å². The highest BCUT2D eigenvalue weighted by Crippen LogP contribution is 2.33. The van der Waals surface area contributed by atoms with E-state index in [0.29, 0.717) is 34.1 Å². The fourth-order valence-electron chi connectivity index (χ4n) is 6.65. The van der Waals surface area contributed by atoms with Crippen LogP contribution in [0.15, 0.2) is 172 Å². The van der Waals surface area contributed by atoms with Crippen molar-refractivity contribution in [3.8, 4) is 17.2 Å². The van der Waals surface area contributed by atoms with E-state index in [4.69, 9.17) is 14.5 Å². The average molecular weight is 794 g/mol. The molecule has 1 heterocycles. The predicted molar refractivity (Wildman–Crippen MR) is 241 cm³/mol. The van der Waals surface area contributed by atoms with Crippen molar-refractivity contribution >= 4 is 29.3 Å². The predicted octanol–water partition coefficient (Wildman–Crippen LogP) is 11.4. The number of aliphatic imine (C=N–C) groups is 1. The molecule has 0 bridgehead atoms. The molecule has 0 saturated carbocycles. The minimum atomic E-state index is -0.720. The summed E-state index contributed by atoms with van der Waals surface area (Å²) in [5, 5.41) is 0. The van der Waals surface area contributed by atoms with Crippen molar-refractivity contribution in [2.45, 2.75) is 52.1 Å². The van der Waals surface area contributed by atoms with Crippen molar-refractivity contribution in [2.24, 2.45) is 4.99 Å². The van der Waals surface area contributed by atoms with Crippen LogP contribution in [0.4, 0.5) is 5.69 Å². The number of rotatable bonds is 14. The number of carbonyl (C=O) groups is 1. The van der Waals surface area contributed by atoms with Gasteiger partial charge in [-0.3, -0.25) is 14.6 Å². The maximum atomic E-state index is 13.3. The van der Waals surface area contributed by atoms with Gasteiger partial charge in [-0.2, -0.15) is 0 Å². The highest BCUT2D eigenvalue weighted by Gasteiger charge is 2.24. The minimum Gasteiger partial charge on any atom is -0.483 e. The van der Waals surface area contributed by atoms with Crippen LogP contribution >= 0.6 is 0 Å². The maximum absolute atomic E-state index is 13.3. The summed E-state index contributed by atoms with van der Waals surface area (Å²) in [5.41, 5.74) is 5.80. The normalized spacial score (nSPS) is 12.1. The zero-order valence-electron chi connectivity index (χ0n) is 34.4. The minimum absolute atomic E-state index is 0.00641. The molecule has 7 rings (SSSR count). The summed E-state index contributed by atoms with van der Waals surface area (Å²) < 4.78 is 12.8. The fraction of sp³-hybridized carbons (Fsp3) is 0.154. The molecule has 0 aliphatic carbocycles. The molecule has 0 aliphatic rings. The molecule has 7 aromatic rings. The summed E-state index contributed by atoms with van der Waals surface area (Å²) in [7, 11) is 0. The maximum Gasteiger partial charge on any atom is 0.325 e. The number of H-pyrrole nitrogens is 2. The molecule has 2 N–H and O–H groups in total. The second-order valence-corrected chi connectivity index (χ2v) is 15.7. The Morgan fingerprint density at radius 3 is 1.78 bits per heavy atom. The van der Waals surface area contributed by atoms with Crippen molar-refractivity contribution < 1.29 is 14.3 Å². The lowest BCUT2D eigenvalue weighted by molar-refractivity contribution is 0.103. The van der Waals surface area contributed by atoms with E-state index in [1.807, 2.05) is 159 Å². The van der Waals surface area contributed by atoms with Crippen molar-refractivity contribution in [1.29, 1.82) is 0 Å². The number of ketones is 1. The zero-order chi connectivity index (χ0) is 42.3. The van der Waals surface area contributed by atoms with Crippen LogP contribution in [0.2, 0.25) is 0 Å². The number of benzene rings is 6. The molecule has 8 heteroatoms. The van der Waals surface area contributed by atoms with E-state index < -0.39 is 16.9 Å². The molecular weight excluding hydrogens is 747 g/mol. The molecule has 0 saturated heterocycles. The third-order valence-corrected chi connectivity index (χ3v) is 10.7. The number of hydrogen-bond donors (Lipinski definition) is 2. The number of nitrogens with zero attached hydrogens (tertiary/aromatic N) is 1. The molecule has 8 nitrogen and oxygen atoms in total. The Kier molecular flexibility index (Phi) is 12.0. The standard InChI is InChI=1S/C52H47N3O5/c1-6-51(2,3)41-27-21-37(22-28-41)47(54-46-34-53-50(58)55-49(46)57)38-25-31-43(32-26-38)59-44-13-10-14-45(33-44)60-52(4,5)42-29-23-40(24-30-42)48(56)39-19-17-36(18-20-39)16-15-35-11-8-7-9-12-35/h7-34H,6H2,1-5H3,(H2,53,55,57,58). The Balaban J connectivity index is 1.03. The highest BCUT2D eigenvalue weighted by atomic mass is 16.5. The van der Waals surface area contributed by atoms with Crippen LogP contribution in [0.5, 0.6) is 17.2 Å². The lowest BCUT2D eigenvalue weighted by Gasteiger charge is -2.27. The first kappa shape index (κ1) is 40.9. The number of aromatic amines is 2. The third kappa shape index (κ3) is 9.85. The molecule has 0 radical (unpaired) electrons. The summed E-state index contributed by atoms with van der Waals surface area (Å²) >= 11 is 0. The van der Waals surface area contributed by atoms with Crippen LogP contribution in [0, 0.1) is 0 Å². The Labute approximate surface area is 350 Å². The summed E-state index contributed by atoms with van der Waals surface area (Å²) in [6, 6.07) is 48.3. The van der Waals surface area contributed by atoms with Crippen LogP contribution in [0.1, 0.15) is 90.3 Å². The number of hydrogen-bond acceptors (Lipinski definition) is 6. The quantitative estimate of drug-likeness (QED) is 0.0646. The lowest BCUT2D eigenvalue weighted by atomic mass is 9.82. The van der Waals surface area contributed by atoms with Crippen molar-refractivity contribution in [1.82, 2.24) is 9.97 Å². The summed E-state index contributed by atoms with van der Waals surface area (Å²) in [6.07, 6.45) is 6.38. The van der Waals surface area contributed by atoms with Crippen molar-refractivity contribution in [3.63, 3.8) is 0 Å². The second-order valence-electron chi connectivity index (χ2n) is 15.7. The molecule has 6 aromatic carbocycles. The molecule has 0 amide bonds. The van der Waals surface area contributed by atoms with Gasteiger partial charge < -0.3 is 14.5 Å². The summed E-state index contributed by atoms with van der Waals surface area (Å²) in [6.45, 7) is 10.5. The van der Waals surface area contributed by atoms with E-state index in [2.05, 4.69) is 48.9 Å². The summed E-state index contributed by atoms with van der Waals surface area (Å²) in [5.74, 6) is 1.75. The van der Waals surface area contributed by atoms with Crippen LogP contribution in [-0.4, -0.2) is 21.5 Å².